The first-order chi connectivity index (χ1) is 10.6. The molecule has 0 aliphatic carbocycles. The molecule has 0 fully saturated rings. The van der Waals surface area contributed by atoms with Crippen molar-refractivity contribution in [3.05, 3.63) is 53.8 Å². The van der Waals surface area contributed by atoms with Gasteiger partial charge in [0.25, 0.3) is 0 Å². The average molecular weight is 304 g/mol. The molecule has 0 aromatic heterocycles. The normalized spacial score (nSPS) is 10.1. The second-order valence-electron chi connectivity index (χ2n) is 4.56. The van der Waals surface area contributed by atoms with Crippen molar-refractivity contribution >= 4 is 17.5 Å². The Hall–Kier alpha value is -2.76. The number of hydrogen-bond donors (Lipinski definition) is 3. The number of aromatic hydroxyl groups is 1. The van der Waals surface area contributed by atoms with Crippen LogP contribution in [0.4, 0.5) is 20.6 Å². The molecule has 0 unspecified atom stereocenters. The van der Waals surface area contributed by atoms with E-state index in [9.17, 15) is 14.3 Å². The first kappa shape index (κ1) is 15.6. The molecule has 0 heterocycles. The summed E-state index contributed by atoms with van der Waals surface area (Å²) in [7, 11) is 0. The number of benzene rings is 2. The van der Waals surface area contributed by atoms with E-state index in [4.69, 9.17) is 4.74 Å². The molecule has 0 saturated carbocycles. The number of phenolic OH excluding ortho intramolecular Hbond substituents is 1. The molecule has 0 spiro atoms. The van der Waals surface area contributed by atoms with E-state index in [2.05, 4.69) is 10.6 Å². The Morgan fingerprint density at radius 1 is 1.23 bits per heavy atom. The predicted molar refractivity (Wildman–Crippen MR) is 82.5 cm³/mol. The van der Waals surface area contributed by atoms with Gasteiger partial charge in [0.15, 0.2) is 0 Å². The second-order valence-corrected chi connectivity index (χ2v) is 4.56. The third kappa shape index (κ3) is 4.37. The van der Waals surface area contributed by atoms with E-state index in [0.29, 0.717) is 12.2 Å². The van der Waals surface area contributed by atoms with Gasteiger partial charge in [0.1, 0.15) is 11.6 Å². The van der Waals surface area contributed by atoms with Crippen molar-refractivity contribution in [3.8, 4) is 5.75 Å². The third-order valence-corrected chi connectivity index (χ3v) is 2.92. The van der Waals surface area contributed by atoms with Gasteiger partial charge in [0.05, 0.1) is 12.3 Å². The van der Waals surface area contributed by atoms with Gasteiger partial charge in [-0.25, -0.2) is 9.18 Å². The fraction of sp³-hybridized carbons (Fsp3) is 0.188. The molecule has 0 radical (unpaired) electrons. The van der Waals surface area contributed by atoms with Gasteiger partial charge in [0.2, 0.25) is 0 Å². The number of ether oxygens (including phenoxy) is 1. The predicted octanol–water partition coefficient (Wildman–Crippen LogP) is 3.71. The molecule has 0 aliphatic rings. The molecule has 0 atom stereocenters. The zero-order chi connectivity index (χ0) is 15.9. The molecule has 0 bridgehead atoms. The first-order valence-electron chi connectivity index (χ1n) is 6.83. The summed E-state index contributed by atoms with van der Waals surface area (Å²) in [4.78, 5) is 11.3. The molecule has 6 heteroatoms. The lowest BCUT2D eigenvalue weighted by Gasteiger charge is -2.10. The van der Waals surface area contributed by atoms with E-state index >= 15 is 0 Å². The minimum absolute atomic E-state index is 0.0721. The first-order valence-corrected chi connectivity index (χ1v) is 6.83. The highest BCUT2D eigenvalue weighted by Crippen LogP contribution is 2.27. The molecule has 0 aliphatic heterocycles. The zero-order valence-electron chi connectivity index (χ0n) is 12.1. The number of anilines is 2. The number of carbonyl (C=O) groups excluding carboxylic acids is 1. The van der Waals surface area contributed by atoms with Gasteiger partial charge >= 0.3 is 6.09 Å². The maximum atomic E-state index is 12.8. The number of rotatable bonds is 5. The Morgan fingerprint density at radius 3 is 2.59 bits per heavy atom. The van der Waals surface area contributed by atoms with Crippen LogP contribution in [0.5, 0.6) is 5.75 Å². The second kappa shape index (κ2) is 7.31. The maximum Gasteiger partial charge on any atom is 0.411 e. The molecule has 5 nitrogen and oxygen atoms in total. The monoisotopic (exact) mass is 304 g/mol. The van der Waals surface area contributed by atoms with Crippen molar-refractivity contribution in [2.24, 2.45) is 0 Å². The van der Waals surface area contributed by atoms with Crippen LogP contribution in [0.25, 0.3) is 0 Å². The van der Waals surface area contributed by atoms with Gasteiger partial charge < -0.3 is 15.2 Å². The van der Waals surface area contributed by atoms with Crippen LogP contribution in [-0.4, -0.2) is 17.8 Å². The van der Waals surface area contributed by atoms with Crippen molar-refractivity contribution < 1.29 is 19.0 Å². The van der Waals surface area contributed by atoms with E-state index in [0.717, 1.165) is 5.56 Å². The van der Waals surface area contributed by atoms with Gasteiger partial charge in [-0.05, 0) is 36.8 Å². The highest BCUT2D eigenvalue weighted by atomic mass is 19.1. The summed E-state index contributed by atoms with van der Waals surface area (Å²) in [6.07, 6.45) is -0.621. The van der Waals surface area contributed by atoms with E-state index in [1.54, 1.807) is 31.2 Å². The summed E-state index contributed by atoms with van der Waals surface area (Å²) < 4.78 is 17.5. The Labute approximate surface area is 127 Å². The Morgan fingerprint density at radius 2 is 1.95 bits per heavy atom. The third-order valence-electron chi connectivity index (χ3n) is 2.92. The molecule has 3 N–H and O–H groups in total. The summed E-state index contributed by atoms with van der Waals surface area (Å²) in [6, 6.07) is 10.9. The molecule has 2 aromatic carbocycles. The minimum atomic E-state index is -0.621. The van der Waals surface area contributed by atoms with Crippen LogP contribution in [0.15, 0.2) is 42.5 Å². The van der Waals surface area contributed by atoms with Crippen LogP contribution in [0, 0.1) is 5.82 Å². The number of phenols is 1. The van der Waals surface area contributed by atoms with Gasteiger partial charge in [-0.15, -0.1) is 0 Å². The summed E-state index contributed by atoms with van der Waals surface area (Å²) in [5, 5.41) is 15.4. The number of halogens is 1. The average Bonchev–Trinajstić information content (AvgIpc) is 2.49. The SMILES string of the molecule is CCOC(=O)Nc1ccc(NCc2ccc(F)cc2)cc1O. The number of hydrogen-bond acceptors (Lipinski definition) is 4. The molecule has 116 valence electrons. The maximum absolute atomic E-state index is 12.8. The van der Waals surface area contributed by atoms with E-state index in [1.807, 2.05) is 0 Å². The highest BCUT2D eigenvalue weighted by Gasteiger charge is 2.07. The molecular weight excluding hydrogens is 287 g/mol. The van der Waals surface area contributed by atoms with Crippen LogP contribution >= 0.6 is 0 Å². The van der Waals surface area contributed by atoms with E-state index < -0.39 is 6.09 Å². The molecule has 22 heavy (non-hydrogen) atoms. The Bertz CT molecular complexity index is 644. The van der Waals surface area contributed by atoms with Crippen LogP contribution in [0.3, 0.4) is 0 Å². The minimum Gasteiger partial charge on any atom is -0.506 e. The summed E-state index contributed by atoms with van der Waals surface area (Å²) in [5.74, 6) is -0.354. The largest absolute Gasteiger partial charge is 0.506 e. The van der Waals surface area contributed by atoms with Gasteiger partial charge in [0, 0.05) is 18.3 Å². The molecular formula is C16H17FN2O3. The van der Waals surface area contributed by atoms with E-state index in [-0.39, 0.29) is 23.9 Å². The van der Waals surface area contributed by atoms with Crippen LogP contribution < -0.4 is 10.6 Å². The van der Waals surface area contributed by atoms with Crippen LogP contribution in [-0.2, 0) is 11.3 Å². The Balaban J connectivity index is 1.97. The van der Waals surface area contributed by atoms with Crippen LogP contribution in [0.1, 0.15) is 12.5 Å². The zero-order valence-corrected chi connectivity index (χ0v) is 12.1. The van der Waals surface area contributed by atoms with Gasteiger partial charge in [-0.3, -0.25) is 5.32 Å². The summed E-state index contributed by atoms with van der Waals surface area (Å²) >= 11 is 0. The van der Waals surface area contributed by atoms with Crippen molar-refractivity contribution in [2.45, 2.75) is 13.5 Å². The number of nitrogens with one attached hydrogen (secondary N) is 2. The fourth-order valence-corrected chi connectivity index (χ4v) is 1.83. The lowest BCUT2D eigenvalue weighted by atomic mass is 10.2. The smallest absolute Gasteiger partial charge is 0.411 e. The van der Waals surface area contributed by atoms with Crippen LogP contribution in [0.2, 0.25) is 0 Å². The van der Waals surface area contributed by atoms with Crippen molar-refractivity contribution in [2.75, 3.05) is 17.2 Å². The lowest BCUT2D eigenvalue weighted by Crippen LogP contribution is -2.13. The van der Waals surface area contributed by atoms with Crippen molar-refractivity contribution in [3.63, 3.8) is 0 Å². The number of carbonyl (C=O) groups is 1. The fourth-order valence-electron chi connectivity index (χ4n) is 1.83. The van der Waals surface area contributed by atoms with Crippen molar-refractivity contribution in [1.29, 1.82) is 0 Å². The lowest BCUT2D eigenvalue weighted by molar-refractivity contribution is 0.168. The van der Waals surface area contributed by atoms with Crippen molar-refractivity contribution in [1.82, 2.24) is 0 Å². The molecule has 2 aromatic rings. The molecule has 0 saturated heterocycles. The van der Waals surface area contributed by atoms with Gasteiger partial charge in [-0.2, -0.15) is 0 Å². The summed E-state index contributed by atoms with van der Waals surface area (Å²) in [6.45, 7) is 2.44. The van der Waals surface area contributed by atoms with Gasteiger partial charge in [-0.1, -0.05) is 12.1 Å². The Kier molecular flexibility index (Phi) is 5.19. The quantitative estimate of drug-likeness (QED) is 0.736. The molecule has 1 amide bonds. The highest BCUT2D eigenvalue weighted by molar-refractivity contribution is 5.87. The summed E-state index contributed by atoms with van der Waals surface area (Å²) in [5.41, 5.74) is 1.86. The standard InChI is InChI=1S/C16H17FN2O3/c1-2-22-16(21)19-14-8-7-13(9-15(14)20)18-10-11-3-5-12(17)6-4-11/h3-9,18,20H,2,10H2,1H3,(H,19,21). The van der Waals surface area contributed by atoms with E-state index in [1.165, 1.54) is 18.2 Å². The number of amides is 1. The molecule has 2 rings (SSSR count). The topological polar surface area (TPSA) is 70.6 Å².